The van der Waals surface area contributed by atoms with Crippen LogP contribution in [0.25, 0.3) is 0 Å². The van der Waals surface area contributed by atoms with E-state index in [1.54, 1.807) is 0 Å². The molecular weight excluding hydrogens is 244 g/mol. The van der Waals surface area contributed by atoms with Gasteiger partial charge in [0.15, 0.2) is 0 Å². The fourth-order valence-corrected chi connectivity index (χ4v) is 2.84. The number of hydrogen-bond acceptors (Lipinski definition) is 4. The zero-order valence-electron chi connectivity index (χ0n) is 10.8. The first-order valence-electron chi connectivity index (χ1n) is 6.90. The van der Waals surface area contributed by atoms with E-state index in [9.17, 15) is 5.11 Å². The standard InChI is InChI=1S/C15H18O4/c16-8-15(9-19-15)14-10(4-12-6-17-12)2-1-3-11(14)5-13-7-18-13/h1-3,12-13,16H,4-9H2/t12?,13?,15-/m1/s1. The molecule has 0 bridgehead atoms. The van der Waals surface area contributed by atoms with Gasteiger partial charge in [-0.05, 0) is 16.7 Å². The van der Waals surface area contributed by atoms with Crippen molar-refractivity contribution in [3.05, 3.63) is 34.9 Å². The zero-order valence-corrected chi connectivity index (χ0v) is 10.8. The smallest absolute Gasteiger partial charge is 0.140 e. The third kappa shape index (κ3) is 2.30. The summed E-state index contributed by atoms with van der Waals surface area (Å²) in [6.45, 7) is 2.36. The summed E-state index contributed by atoms with van der Waals surface area (Å²) in [5.41, 5.74) is 3.23. The Bertz CT molecular complexity index is 455. The third-order valence-electron chi connectivity index (χ3n) is 4.14. The lowest BCUT2D eigenvalue weighted by Gasteiger charge is -2.19. The summed E-state index contributed by atoms with van der Waals surface area (Å²) in [7, 11) is 0. The lowest BCUT2D eigenvalue weighted by atomic mass is 9.87. The van der Waals surface area contributed by atoms with E-state index >= 15 is 0 Å². The lowest BCUT2D eigenvalue weighted by molar-refractivity contribution is 0.171. The van der Waals surface area contributed by atoms with E-state index in [-0.39, 0.29) is 6.61 Å². The highest BCUT2D eigenvalue weighted by Crippen LogP contribution is 2.43. The van der Waals surface area contributed by atoms with Crippen LogP contribution in [0.4, 0.5) is 0 Å². The molecule has 0 saturated carbocycles. The number of epoxide rings is 3. The maximum absolute atomic E-state index is 9.67. The van der Waals surface area contributed by atoms with Crippen LogP contribution in [0.2, 0.25) is 0 Å². The molecule has 2 unspecified atom stereocenters. The number of benzene rings is 1. The van der Waals surface area contributed by atoms with Crippen molar-refractivity contribution in [3.8, 4) is 0 Å². The van der Waals surface area contributed by atoms with Gasteiger partial charge in [0.2, 0.25) is 0 Å². The molecule has 3 fully saturated rings. The highest BCUT2D eigenvalue weighted by molar-refractivity contribution is 5.43. The first kappa shape index (κ1) is 11.9. The van der Waals surface area contributed by atoms with Crippen molar-refractivity contribution in [1.29, 1.82) is 0 Å². The first-order valence-corrected chi connectivity index (χ1v) is 6.90. The average Bonchev–Trinajstić information content (AvgIpc) is 3.21. The maximum atomic E-state index is 9.67. The number of ether oxygens (including phenoxy) is 3. The summed E-state index contributed by atoms with van der Waals surface area (Å²) in [6.07, 6.45) is 2.53. The van der Waals surface area contributed by atoms with E-state index in [4.69, 9.17) is 14.2 Å². The van der Waals surface area contributed by atoms with Gasteiger partial charge < -0.3 is 19.3 Å². The predicted octanol–water partition coefficient (Wildman–Crippen LogP) is 0.787. The van der Waals surface area contributed by atoms with Crippen molar-refractivity contribution in [3.63, 3.8) is 0 Å². The summed E-state index contributed by atoms with van der Waals surface area (Å²) in [6, 6.07) is 6.35. The fourth-order valence-electron chi connectivity index (χ4n) is 2.84. The maximum Gasteiger partial charge on any atom is 0.140 e. The second kappa shape index (κ2) is 4.28. The third-order valence-corrected chi connectivity index (χ3v) is 4.14. The molecule has 4 nitrogen and oxygen atoms in total. The van der Waals surface area contributed by atoms with Crippen LogP contribution in [0.3, 0.4) is 0 Å². The Morgan fingerprint density at radius 2 is 1.63 bits per heavy atom. The van der Waals surface area contributed by atoms with Crippen LogP contribution in [0.15, 0.2) is 18.2 Å². The molecule has 3 heterocycles. The summed E-state index contributed by atoms with van der Waals surface area (Å²) in [5.74, 6) is 0. The SMILES string of the molecule is OC[C@]1(c2c(CC3CO3)cccc2CC2CO2)CO1. The molecule has 3 aliphatic heterocycles. The Hall–Kier alpha value is -0.940. The van der Waals surface area contributed by atoms with Crippen molar-refractivity contribution in [2.24, 2.45) is 0 Å². The van der Waals surface area contributed by atoms with E-state index in [2.05, 4.69) is 18.2 Å². The highest BCUT2D eigenvalue weighted by atomic mass is 16.6. The summed E-state index contributed by atoms with van der Waals surface area (Å²) in [5, 5.41) is 9.67. The molecule has 0 radical (unpaired) electrons. The van der Waals surface area contributed by atoms with Crippen molar-refractivity contribution in [2.75, 3.05) is 26.4 Å². The first-order chi connectivity index (χ1) is 9.31. The van der Waals surface area contributed by atoms with E-state index in [0.29, 0.717) is 18.8 Å². The quantitative estimate of drug-likeness (QED) is 0.770. The number of aliphatic hydroxyl groups is 1. The summed E-state index contributed by atoms with van der Waals surface area (Å²) >= 11 is 0. The van der Waals surface area contributed by atoms with Gasteiger partial charge in [0, 0.05) is 12.8 Å². The van der Waals surface area contributed by atoms with E-state index < -0.39 is 5.60 Å². The van der Waals surface area contributed by atoms with E-state index in [1.165, 1.54) is 16.7 Å². The number of rotatable bonds is 6. The van der Waals surface area contributed by atoms with Crippen molar-refractivity contribution < 1.29 is 19.3 Å². The predicted molar refractivity (Wildman–Crippen MR) is 68.0 cm³/mol. The molecule has 0 aliphatic carbocycles. The van der Waals surface area contributed by atoms with Gasteiger partial charge in [-0.15, -0.1) is 0 Å². The van der Waals surface area contributed by atoms with Crippen LogP contribution < -0.4 is 0 Å². The molecule has 3 aliphatic rings. The van der Waals surface area contributed by atoms with Gasteiger partial charge in [0.1, 0.15) is 5.60 Å². The van der Waals surface area contributed by atoms with Gasteiger partial charge in [0.05, 0.1) is 38.6 Å². The van der Waals surface area contributed by atoms with Crippen LogP contribution in [0.1, 0.15) is 16.7 Å². The second-order valence-corrected chi connectivity index (χ2v) is 5.71. The Kier molecular flexibility index (Phi) is 2.67. The molecule has 4 rings (SSSR count). The van der Waals surface area contributed by atoms with Gasteiger partial charge in [-0.25, -0.2) is 0 Å². The highest BCUT2D eigenvalue weighted by Gasteiger charge is 2.49. The fraction of sp³-hybridized carbons (Fsp3) is 0.600. The number of hydrogen-bond donors (Lipinski definition) is 1. The van der Waals surface area contributed by atoms with Crippen LogP contribution in [0.5, 0.6) is 0 Å². The molecule has 1 aromatic rings. The molecule has 4 heteroatoms. The van der Waals surface area contributed by atoms with Gasteiger partial charge in [0.25, 0.3) is 0 Å². The zero-order chi connectivity index (χ0) is 12.9. The van der Waals surface area contributed by atoms with Crippen LogP contribution in [-0.2, 0) is 32.7 Å². The Morgan fingerprint density at radius 1 is 1.11 bits per heavy atom. The Morgan fingerprint density at radius 3 is 2.00 bits per heavy atom. The average molecular weight is 262 g/mol. The van der Waals surface area contributed by atoms with Gasteiger partial charge >= 0.3 is 0 Å². The molecule has 19 heavy (non-hydrogen) atoms. The summed E-state index contributed by atoms with van der Waals surface area (Å²) in [4.78, 5) is 0. The normalized spacial score (nSPS) is 35.2. The minimum atomic E-state index is -0.463. The van der Waals surface area contributed by atoms with Gasteiger partial charge in [-0.2, -0.15) is 0 Å². The molecule has 0 spiro atoms. The molecule has 3 saturated heterocycles. The van der Waals surface area contributed by atoms with Crippen molar-refractivity contribution in [1.82, 2.24) is 0 Å². The number of aliphatic hydroxyl groups excluding tert-OH is 1. The molecule has 0 amide bonds. The van der Waals surface area contributed by atoms with Crippen molar-refractivity contribution >= 4 is 0 Å². The van der Waals surface area contributed by atoms with Gasteiger partial charge in [-0.3, -0.25) is 0 Å². The molecule has 102 valence electrons. The van der Waals surface area contributed by atoms with E-state index in [1.807, 2.05) is 0 Å². The van der Waals surface area contributed by atoms with Crippen molar-refractivity contribution in [2.45, 2.75) is 30.7 Å². The topological polar surface area (TPSA) is 57.8 Å². The van der Waals surface area contributed by atoms with E-state index in [0.717, 1.165) is 26.1 Å². The summed E-state index contributed by atoms with van der Waals surface area (Å²) < 4.78 is 16.3. The lowest BCUT2D eigenvalue weighted by Crippen LogP contribution is -2.20. The minimum absolute atomic E-state index is 0.0497. The molecule has 0 aromatic heterocycles. The van der Waals surface area contributed by atoms with Crippen LogP contribution >= 0.6 is 0 Å². The molecule has 1 N–H and O–H groups in total. The Labute approximate surface area is 112 Å². The van der Waals surface area contributed by atoms with Crippen LogP contribution in [-0.4, -0.2) is 43.7 Å². The second-order valence-electron chi connectivity index (χ2n) is 5.71. The largest absolute Gasteiger partial charge is 0.393 e. The van der Waals surface area contributed by atoms with Gasteiger partial charge in [-0.1, -0.05) is 18.2 Å². The van der Waals surface area contributed by atoms with Crippen LogP contribution in [0, 0.1) is 0 Å². The monoisotopic (exact) mass is 262 g/mol. The molecule has 3 atom stereocenters. The Balaban J connectivity index is 1.71. The minimum Gasteiger partial charge on any atom is -0.393 e. The molecule has 1 aromatic carbocycles. The molecular formula is C15H18O4.